The Morgan fingerprint density at radius 3 is 2.68 bits per heavy atom. The van der Waals surface area contributed by atoms with Crippen molar-refractivity contribution in [1.29, 1.82) is 0 Å². The number of ether oxygens (including phenoxy) is 1. The standard InChI is InChI=1S/C16H21ClN2O3/c1-11-2-3-13(17)14(8-11)22-10-16(21)19-6-4-12(5-7-19)9-15(18)20/h2-3,8,12H,4-7,9-10H2,1H3,(H2,18,20). The second-order valence-electron chi connectivity index (χ2n) is 5.72. The van der Waals surface area contributed by atoms with Crippen LogP contribution in [-0.4, -0.2) is 36.4 Å². The number of carbonyl (C=O) groups excluding carboxylic acids is 2. The van der Waals surface area contributed by atoms with Crippen molar-refractivity contribution < 1.29 is 14.3 Å². The van der Waals surface area contributed by atoms with Crippen LogP contribution >= 0.6 is 11.6 Å². The van der Waals surface area contributed by atoms with Gasteiger partial charge in [-0.15, -0.1) is 0 Å². The fourth-order valence-electron chi connectivity index (χ4n) is 2.62. The molecule has 5 nitrogen and oxygen atoms in total. The fraction of sp³-hybridized carbons (Fsp3) is 0.500. The van der Waals surface area contributed by atoms with E-state index in [1.54, 1.807) is 11.0 Å². The first kappa shape index (κ1) is 16.6. The van der Waals surface area contributed by atoms with Gasteiger partial charge in [0.15, 0.2) is 6.61 Å². The zero-order chi connectivity index (χ0) is 16.1. The van der Waals surface area contributed by atoms with Crippen molar-refractivity contribution in [3.63, 3.8) is 0 Å². The van der Waals surface area contributed by atoms with Crippen molar-refractivity contribution >= 4 is 23.4 Å². The predicted octanol–water partition coefficient (Wildman–Crippen LogP) is 2.14. The number of amides is 2. The highest BCUT2D eigenvalue weighted by molar-refractivity contribution is 6.32. The number of rotatable bonds is 5. The average Bonchev–Trinajstić information content (AvgIpc) is 2.48. The highest BCUT2D eigenvalue weighted by Gasteiger charge is 2.24. The maximum absolute atomic E-state index is 12.2. The molecular weight excluding hydrogens is 304 g/mol. The number of piperidine rings is 1. The summed E-state index contributed by atoms with van der Waals surface area (Å²) in [5.41, 5.74) is 6.23. The van der Waals surface area contributed by atoms with Gasteiger partial charge in [0.25, 0.3) is 5.91 Å². The second-order valence-corrected chi connectivity index (χ2v) is 6.12. The van der Waals surface area contributed by atoms with Crippen molar-refractivity contribution in [3.8, 4) is 5.75 Å². The van der Waals surface area contributed by atoms with E-state index in [1.807, 2.05) is 19.1 Å². The molecule has 0 spiro atoms. The number of aryl methyl sites for hydroxylation is 1. The quantitative estimate of drug-likeness (QED) is 0.902. The van der Waals surface area contributed by atoms with Crippen molar-refractivity contribution in [2.75, 3.05) is 19.7 Å². The number of hydrogen-bond donors (Lipinski definition) is 1. The summed E-state index contributed by atoms with van der Waals surface area (Å²) in [6.07, 6.45) is 2.01. The molecule has 0 unspecified atom stereocenters. The van der Waals surface area contributed by atoms with Crippen molar-refractivity contribution in [1.82, 2.24) is 4.90 Å². The number of benzene rings is 1. The summed E-state index contributed by atoms with van der Waals surface area (Å²) in [5.74, 6) is 0.476. The third kappa shape index (κ3) is 4.63. The molecule has 1 aliphatic rings. The Hall–Kier alpha value is -1.75. The fourth-order valence-corrected chi connectivity index (χ4v) is 2.80. The first-order valence-electron chi connectivity index (χ1n) is 7.40. The molecule has 0 radical (unpaired) electrons. The lowest BCUT2D eigenvalue weighted by Crippen LogP contribution is -2.41. The summed E-state index contributed by atoms with van der Waals surface area (Å²) in [6, 6.07) is 5.46. The van der Waals surface area contributed by atoms with Gasteiger partial charge in [-0.2, -0.15) is 0 Å². The van der Waals surface area contributed by atoms with E-state index in [0.29, 0.717) is 30.3 Å². The topological polar surface area (TPSA) is 72.6 Å². The van der Waals surface area contributed by atoms with E-state index in [-0.39, 0.29) is 24.3 Å². The van der Waals surface area contributed by atoms with Crippen LogP contribution in [0.4, 0.5) is 0 Å². The summed E-state index contributed by atoms with van der Waals surface area (Å²) >= 11 is 6.04. The van der Waals surface area contributed by atoms with Gasteiger partial charge in [-0.05, 0) is 43.4 Å². The Kier molecular flexibility index (Phi) is 5.66. The Bertz CT molecular complexity index is 554. The van der Waals surface area contributed by atoms with Crippen LogP contribution < -0.4 is 10.5 Å². The van der Waals surface area contributed by atoms with Gasteiger partial charge in [-0.1, -0.05) is 17.7 Å². The Labute approximate surface area is 135 Å². The average molecular weight is 325 g/mol. The Balaban J connectivity index is 1.81. The minimum atomic E-state index is -0.276. The molecule has 22 heavy (non-hydrogen) atoms. The lowest BCUT2D eigenvalue weighted by molar-refractivity contribution is -0.134. The molecule has 0 bridgehead atoms. The van der Waals surface area contributed by atoms with Crippen molar-refractivity contribution in [2.24, 2.45) is 11.7 Å². The number of hydrogen-bond acceptors (Lipinski definition) is 3. The monoisotopic (exact) mass is 324 g/mol. The molecule has 0 aliphatic carbocycles. The van der Waals surface area contributed by atoms with E-state index in [1.165, 1.54) is 0 Å². The van der Waals surface area contributed by atoms with Gasteiger partial charge < -0.3 is 15.4 Å². The van der Waals surface area contributed by atoms with E-state index in [4.69, 9.17) is 22.1 Å². The zero-order valence-corrected chi connectivity index (χ0v) is 13.4. The van der Waals surface area contributed by atoms with Crippen molar-refractivity contribution in [2.45, 2.75) is 26.2 Å². The van der Waals surface area contributed by atoms with Crippen LogP contribution in [0.25, 0.3) is 0 Å². The van der Waals surface area contributed by atoms with Gasteiger partial charge >= 0.3 is 0 Å². The van der Waals surface area contributed by atoms with Gasteiger partial charge in [-0.3, -0.25) is 9.59 Å². The molecule has 6 heteroatoms. The number of nitrogens with two attached hydrogens (primary N) is 1. The Morgan fingerprint density at radius 2 is 2.05 bits per heavy atom. The molecule has 120 valence electrons. The Morgan fingerprint density at radius 1 is 1.36 bits per heavy atom. The minimum Gasteiger partial charge on any atom is -0.482 e. The smallest absolute Gasteiger partial charge is 0.260 e. The summed E-state index contributed by atoms with van der Waals surface area (Å²) in [6.45, 7) is 3.20. The van der Waals surface area contributed by atoms with Crippen molar-refractivity contribution in [3.05, 3.63) is 28.8 Å². The highest BCUT2D eigenvalue weighted by atomic mass is 35.5. The molecule has 1 saturated heterocycles. The van der Waals surface area contributed by atoms with Crippen LogP contribution in [0.1, 0.15) is 24.8 Å². The predicted molar refractivity (Wildman–Crippen MR) is 84.8 cm³/mol. The molecule has 1 aliphatic heterocycles. The third-order valence-corrected chi connectivity index (χ3v) is 4.21. The van der Waals surface area contributed by atoms with Crippen LogP contribution in [0.2, 0.25) is 5.02 Å². The molecule has 0 saturated carbocycles. The molecule has 2 N–H and O–H groups in total. The lowest BCUT2D eigenvalue weighted by atomic mass is 9.93. The second kappa shape index (κ2) is 7.49. The number of halogens is 1. The molecule has 0 aromatic heterocycles. The summed E-state index contributed by atoms with van der Waals surface area (Å²) in [4.78, 5) is 24.8. The number of primary amides is 1. The summed E-state index contributed by atoms with van der Waals surface area (Å²) in [5, 5.41) is 0.499. The van der Waals surface area contributed by atoms with Gasteiger partial charge in [0.1, 0.15) is 5.75 Å². The molecule has 1 aromatic carbocycles. The zero-order valence-electron chi connectivity index (χ0n) is 12.7. The molecule has 2 amide bonds. The molecule has 1 fully saturated rings. The van der Waals surface area contributed by atoms with Gasteiger partial charge in [0.05, 0.1) is 5.02 Å². The SMILES string of the molecule is Cc1ccc(Cl)c(OCC(=O)N2CCC(CC(N)=O)CC2)c1. The molecule has 1 aromatic rings. The highest BCUT2D eigenvalue weighted by Crippen LogP contribution is 2.25. The lowest BCUT2D eigenvalue weighted by Gasteiger charge is -2.31. The molecule has 2 rings (SSSR count). The molecule has 0 atom stereocenters. The van der Waals surface area contributed by atoms with E-state index in [0.717, 1.165) is 18.4 Å². The maximum atomic E-state index is 12.2. The van der Waals surface area contributed by atoms with Crippen LogP contribution in [0.3, 0.4) is 0 Å². The first-order chi connectivity index (χ1) is 10.5. The van der Waals surface area contributed by atoms with Crippen LogP contribution in [-0.2, 0) is 9.59 Å². The first-order valence-corrected chi connectivity index (χ1v) is 7.78. The normalized spacial score (nSPS) is 15.6. The largest absolute Gasteiger partial charge is 0.482 e. The van der Waals surface area contributed by atoms with E-state index >= 15 is 0 Å². The number of likely N-dealkylation sites (tertiary alicyclic amines) is 1. The van der Waals surface area contributed by atoms with Crippen LogP contribution in [0.15, 0.2) is 18.2 Å². The maximum Gasteiger partial charge on any atom is 0.260 e. The van der Waals surface area contributed by atoms with E-state index in [9.17, 15) is 9.59 Å². The summed E-state index contributed by atoms with van der Waals surface area (Å²) in [7, 11) is 0. The minimum absolute atomic E-state index is 0.0241. The molecular formula is C16H21ClN2O3. The van der Waals surface area contributed by atoms with Gasteiger partial charge in [0.2, 0.25) is 5.91 Å². The summed E-state index contributed by atoms with van der Waals surface area (Å²) < 4.78 is 5.53. The van der Waals surface area contributed by atoms with Gasteiger partial charge in [-0.25, -0.2) is 0 Å². The number of nitrogens with zero attached hydrogens (tertiary/aromatic N) is 1. The third-order valence-electron chi connectivity index (χ3n) is 3.89. The molecule has 1 heterocycles. The van der Waals surface area contributed by atoms with E-state index in [2.05, 4.69) is 0 Å². The van der Waals surface area contributed by atoms with E-state index < -0.39 is 0 Å². The van der Waals surface area contributed by atoms with Crippen LogP contribution in [0.5, 0.6) is 5.75 Å². The van der Waals surface area contributed by atoms with Crippen LogP contribution in [0, 0.1) is 12.8 Å². The van der Waals surface area contributed by atoms with Gasteiger partial charge in [0, 0.05) is 19.5 Å². The number of carbonyl (C=O) groups is 2.